The van der Waals surface area contributed by atoms with Gasteiger partial charge in [-0.25, -0.2) is 0 Å². The number of allylic oxidation sites excluding steroid dienone is 5. The van der Waals surface area contributed by atoms with E-state index in [4.69, 9.17) is 0 Å². The van der Waals surface area contributed by atoms with E-state index in [0.717, 1.165) is 11.1 Å². The number of benzene rings is 1. The van der Waals surface area contributed by atoms with Gasteiger partial charge in [-0.05, 0) is 56.9 Å². The molecule has 0 aliphatic rings. The molecule has 0 aromatic heterocycles. The van der Waals surface area contributed by atoms with E-state index in [9.17, 15) is 4.79 Å². The Hall–Kier alpha value is -1.89. The van der Waals surface area contributed by atoms with Gasteiger partial charge in [0.25, 0.3) is 0 Å². The molecule has 0 radical (unpaired) electrons. The van der Waals surface area contributed by atoms with Gasteiger partial charge in [-0.3, -0.25) is 4.79 Å². The summed E-state index contributed by atoms with van der Waals surface area (Å²) >= 11 is 0. The van der Waals surface area contributed by atoms with Crippen LogP contribution >= 0.6 is 0 Å². The molecule has 112 valence electrons. The van der Waals surface area contributed by atoms with Crippen LogP contribution in [-0.4, -0.2) is 5.78 Å². The number of rotatable bonds is 6. The lowest BCUT2D eigenvalue weighted by Crippen LogP contribution is -2.03. The monoisotopic (exact) mass is 282 g/mol. The maximum Gasteiger partial charge on any atom is 0.141 e. The fourth-order valence-corrected chi connectivity index (χ4v) is 1.93. The quantitative estimate of drug-likeness (QED) is 0.649. The molecule has 21 heavy (non-hydrogen) atoms. The Morgan fingerprint density at radius 1 is 1.10 bits per heavy atom. The first kappa shape index (κ1) is 17.2. The van der Waals surface area contributed by atoms with Crippen LogP contribution in [-0.2, 0) is 11.2 Å². The topological polar surface area (TPSA) is 17.1 Å². The number of hydrogen-bond acceptors (Lipinski definition) is 1. The van der Waals surface area contributed by atoms with Crippen LogP contribution in [0.1, 0.15) is 43.9 Å². The highest BCUT2D eigenvalue weighted by molar-refractivity contribution is 5.83. The normalized spacial score (nSPS) is 10.7. The van der Waals surface area contributed by atoms with Gasteiger partial charge in [-0.1, -0.05) is 48.1 Å². The lowest BCUT2D eigenvalue weighted by molar-refractivity contribution is -0.117. The Morgan fingerprint density at radius 2 is 1.76 bits per heavy atom. The standard InChI is InChI=1S/C20H26O/c1-14(2)16(4)8-7-15(3)11-20(21)13-19-10-9-17(5)18(6)12-19/h7-10,12H,3,11,13H2,1-2,4-6H3/b8-7-. The molecule has 1 nitrogen and oxygen atoms in total. The molecule has 0 atom stereocenters. The maximum absolute atomic E-state index is 12.1. The minimum absolute atomic E-state index is 0.211. The van der Waals surface area contributed by atoms with Gasteiger partial charge in [-0.2, -0.15) is 0 Å². The zero-order valence-corrected chi connectivity index (χ0v) is 13.9. The van der Waals surface area contributed by atoms with Gasteiger partial charge in [0.15, 0.2) is 0 Å². The third-order valence-electron chi connectivity index (χ3n) is 3.75. The third-order valence-corrected chi connectivity index (χ3v) is 3.75. The van der Waals surface area contributed by atoms with Crippen LogP contribution < -0.4 is 0 Å². The Labute approximate surface area is 129 Å². The van der Waals surface area contributed by atoms with Crippen LogP contribution in [0.3, 0.4) is 0 Å². The third kappa shape index (κ3) is 5.95. The zero-order valence-electron chi connectivity index (χ0n) is 13.9. The second-order valence-corrected chi connectivity index (χ2v) is 5.99. The van der Waals surface area contributed by atoms with Gasteiger partial charge in [0.2, 0.25) is 0 Å². The summed E-state index contributed by atoms with van der Waals surface area (Å²) in [4.78, 5) is 12.1. The van der Waals surface area contributed by atoms with Gasteiger partial charge < -0.3 is 0 Å². The molecule has 0 saturated heterocycles. The molecule has 0 aliphatic heterocycles. The van der Waals surface area contributed by atoms with Crippen molar-refractivity contribution in [2.75, 3.05) is 0 Å². The summed E-state index contributed by atoms with van der Waals surface area (Å²) in [5.74, 6) is 0.211. The van der Waals surface area contributed by atoms with Crippen LogP contribution in [0.2, 0.25) is 0 Å². The van der Waals surface area contributed by atoms with Crippen molar-refractivity contribution in [1.29, 1.82) is 0 Å². The van der Waals surface area contributed by atoms with E-state index in [1.54, 1.807) is 0 Å². The summed E-state index contributed by atoms with van der Waals surface area (Å²) in [7, 11) is 0. The number of hydrogen-bond donors (Lipinski definition) is 0. The summed E-state index contributed by atoms with van der Waals surface area (Å²) in [6, 6.07) is 6.20. The molecule has 0 fully saturated rings. The highest BCUT2D eigenvalue weighted by Crippen LogP contribution is 2.13. The summed E-state index contributed by atoms with van der Waals surface area (Å²) in [5, 5.41) is 0. The van der Waals surface area contributed by atoms with Crippen LogP contribution in [0.5, 0.6) is 0 Å². The molecule has 0 spiro atoms. The average molecular weight is 282 g/mol. The fourth-order valence-electron chi connectivity index (χ4n) is 1.93. The molecule has 1 rings (SSSR count). The number of carbonyl (C=O) groups is 1. The Bertz CT molecular complexity index is 596. The molecule has 0 N–H and O–H groups in total. The van der Waals surface area contributed by atoms with Crippen molar-refractivity contribution in [2.24, 2.45) is 0 Å². The van der Waals surface area contributed by atoms with Crippen LogP contribution in [0, 0.1) is 13.8 Å². The van der Waals surface area contributed by atoms with E-state index in [2.05, 4.69) is 53.3 Å². The van der Waals surface area contributed by atoms with Crippen molar-refractivity contribution in [1.82, 2.24) is 0 Å². The van der Waals surface area contributed by atoms with E-state index in [-0.39, 0.29) is 5.78 Å². The van der Waals surface area contributed by atoms with Gasteiger partial charge in [0.05, 0.1) is 0 Å². The highest BCUT2D eigenvalue weighted by atomic mass is 16.1. The maximum atomic E-state index is 12.1. The van der Waals surface area contributed by atoms with Crippen LogP contribution in [0.25, 0.3) is 0 Å². The minimum Gasteiger partial charge on any atom is -0.299 e. The van der Waals surface area contributed by atoms with Crippen molar-refractivity contribution < 1.29 is 4.79 Å². The summed E-state index contributed by atoms with van der Waals surface area (Å²) in [6.07, 6.45) is 4.87. The molecule has 0 bridgehead atoms. The second-order valence-electron chi connectivity index (χ2n) is 5.99. The van der Waals surface area contributed by atoms with E-state index in [1.165, 1.54) is 22.3 Å². The van der Waals surface area contributed by atoms with Gasteiger partial charge in [0, 0.05) is 12.8 Å². The van der Waals surface area contributed by atoms with Crippen molar-refractivity contribution in [3.05, 3.63) is 70.3 Å². The van der Waals surface area contributed by atoms with Crippen LogP contribution in [0.4, 0.5) is 0 Å². The first-order chi connectivity index (χ1) is 9.79. The smallest absolute Gasteiger partial charge is 0.141 e. The van der Waals surface area contributed by atoms with E-state index < -0.39 is 0 Å². The molecule has 0 amide bonds. The van der Waals surface area contributed by atoms with Crippen molar-refractivity contribution in [3.63, 3.8) is 0 Å². The Balaban J connectivity index is 2.59. The minimum atomic E-state index is 0.211. The molecule has 0 aliphatic carbocycles. The molecule has 1 heteroatoms. The Morgan fingerprint density at radius 3 is 2.33 bits per heavy atom. The highest BCUT2D eigenvalue weighted by Gasteiger charge is 2.05. The lowest BCUT2D eigenvalue weighted by Gasteiger charge is -2.05. The predicted octanol–water partition coefficient (Wildman–Crippen LogP) is 5.27. The van der Waals surface area contributed by atoms with Gasteiger partial charge in [-0.15, -0.1) is 0 Å². The van der Waals surface area contributed by atoms with E-state index >= 15 is 0 Å². The molecule has 0 unspecified atom stereocenters. The second kappa shape index (κ2) is 7.78. The van der Waals surface area contributed by atoms with Gasteiger partial charge in [0.1, 0.15) is 5.78 Å². The molecule has 0 heterocycles. The molecular formula is C20H26O. The molecule has 1 aromatic carbocycles. The predicted molar refractivity (Wildman–Crippen MR) is 91.6 cm³/mol. The molecule has 1 aromatic rings. The lowest BCUT2D eigenvalue weighted by atomic mass is 9.99. The SMILES string of the molecule is C=C(/C=C\C(C)=C(C)C)CC(=O)Cc1ccc(C)c(C)c1. The van der Waals surface area contributed by atoms with Crippen molar-refractivity contribution in [2.45, 2.75) is 47.5 Å². The van der Waals surface area contributed by atoms with Crippen LogP contribution in [0.15, 0.2) is 53.6 Å². The van der Waals surface area contributed by atoms with Crippen molar-refractivity contribution in [3.8, 4) is 0 Å². The number of ketones is 1. The largest absolute Gasteiger partial charge is 0.299 e. The zero-order chi connectivity index (χ0) is 16.0. The first-order valence-corrected chi connectivity index (χ1v) is 7.37. The summed E-state index contributed by atoms with van der Waals surface area (Å²) < 4.78 is 0. The summed E-state index contributed by atoms with van der Waals surface area (Å²) in [6.45, 7) is 14.3. The Kier molecular flexibility index (Phi) is 6.36. The average Bonchev–Trinajstić information content (AvgIpc) is 2.40. The number of aryl methyl sites for hydroxylation is 2. The molecule has 0 saturated carbocycles. The van der Waals surface area contributed by atoms with Gasteiger partial charge >= 0.3 is 0 Å². The molecular weight excluding hydrogens is 256 g/mol. The first-order valence-electron chi connectivity index (χ1n) is 7.37. The van der Waals surface area contributed by atoms with Crippen molar-refractivity contribution >= 4 is 5.78 Å². The number of Topliss-reactive ketones (excluding diaryl/α,β-unsaturated/α-hetero) is 1. The fraction of sp³-hybridized carbons (Fsp3) is 0.350. The van der Waals surface area contributed by atoms with E-state index in [1.807, 2.05) is 18.2 Å². The van der Waals surface area contributed by atoms with E-state index in [0.29, 0.717) is 12.8 Å². The summed E-state index contributed by atoms with van der Waals surface area (Å²) in [5.41, 5.74) is 6.94. The number of carbonyl (C=O) groups excluding carboxylic acids is 1.